The van der Waals surface area contributed by atoms with Crippen molar-refractivity contribution in [2.75, 3.05) is 17.7 Å². The molecule has 11 heteroatoms. The van der Waals surface area contributed by atoms with Gasteiger partial charge in [0.2, 0.25) is 0 Å². The molecule has 3 amide bonds. The van der Waals surface area contributed by atoms with Crippen LogP contribution in [0.15, 0.2) is 42.7 Å². The largest absolute Gasteiger partial charge is 0.354 e. The number of H-pyrrole nitrogens is 1. The van der Waals surface area contributed by atoms with Crippen LogP contribution in [0, 0.1) is 11.6 Å². The van der Waals surface area contributed by atoms with Gasteiger partial charge in [0.1, 0.15) is 17.3 Å². The van der Waals surface area contributed by atoms with Crippen LogP contribution in [0.4, 0.5) is 20.2 Å². The Labute approximate surface area is 173 Å². The second kappa shape index (κ2) is 8.70. The first-order valence-electron chi connectivity index (χ1n) is 8.43. The van der Waals surface area contributed by atoms with Crippen LogP contribution in [0.2, 0.25) is 5.02 Å². The van der Waals surface area contributed by atoms with E-state index in [1.807, 2.05) is 0 Å². The van der Waals surface area contributed by atoms with Gasteiger partial charge in [0.15, 0.2) is 5.69 Å². The molecular formula is C19H14ClF2N5O3. The van der Waals surface area contributed by atoms with Crippen LogP contribution in [0.3, 0.4) is 0 Å². The van der Waals surface area contributed by atoms with Crippen LogP contribution in [-0.4, -0.2) is 34.7 Å². The van der Waals surface area contributed by atoms with Crippen LogP contribution >= 0.6 is 11.6 Å². The van der Waals surface area contributed by atoms with E-state index in [4.69, 9.17) is 11.6 Å². The summed E-state index contributed by atoms with van der Waals surface area (Å²) in [6.07, 6.45) is 1.18. The zero-order valence-electron chi connectivity index (χ0n) is 15.3. The summed E-state index contributed by atoms with van der Waals surface area (Å²) in [7, 11) is 1.39. The first kappa shape index (κ1) is 20.9. The molecule has 0 bridgehead atoms. The van der Waals surface area contributed by atoms with Gasteiger partial charge < -0.3 is 20.9 Å². The fraction of sp³-hybridized carbons (Fsp3) is 0.0526. The van der Waals surface area contributed by atoms with Crippen molar-refractivity contribution >= 4 is 40.7 Å². The lowest BCUT2D eigenvalue weighted by atomic mass is 10.2. The number of nitrogens with zero attached hydrogens (tertiary/aromatic N) is 1. The maximum absolute atomic E-state index is 14.4. The molecule has 0 saturated carbocycles. The molecule has 0 aliphatic heterocycles. The number of halogens is 3. The van der Waals surface area contributed by atoms with E-state index < -0.39 is 29.4 Å². The van der Waals surface area contributed by atoms with Gasteiger partial charge in [-0.25, -0.2) is 13.8 Å². The second-order valence-electron chi connectivity index (χ2n) is 5.93. The first-order chi connectivity index (χ1) is 14.3. The number of hydrogen-bond acceptors (Lipinski definition) is 4. The minimum absolute atomic E-state index is 0.0316. The summed E-state index contributed by atoms with van der Waals surface area (Å²) >= 11 is 5.83. The zero-order valence-corrected chi connectivity index (χ0v) is 16.1. The highest BCUT2D eigenvalue weighted by Gasteiger charge is 2.20. The predicted molar refractivity (Wildman–Crippen MR) is 106 cm³/mol. The van der Waals surface area contributed by atoms with Crippen LogP contribution < -0.4 is 16.0 Å². The number of carbonyl (C=O) groups excluding carboxylic acids is 3. The van der Waals surface area contributed by atoms with E-state index in [0.29, 0.717) is 0 Å². The molecule has 0 radical (unpaired) electrons. The summed E-state index contributed by atoms with van der Waals surface area (Å²) in [6, 6.07) is 6.75. The Kier molecular flexibility index (Phi) is 6.07. The average molecular weight is 434 g/mol. The molecule has 1 heterocycles. The Morgan fingerprint density at radius 1 is 1.00 bits per heavy atom. The van der Waals surface area contributed by atoms with Crippen molar-refractivity contribution in [1.29, 1.82) is 0 Å². The topological polar surface area (TPSA) is 116 Å². The van der Waals surface area contributed by atoms with Crippen LogP contribution in [-0.2, 0) is 0 Å². The summed E-state index contributed by atoms with van der Waals surface area (Å²) in [5, 5.41) is 6.98. The van der Waals surface area contributed by atoms with E-state index in [0.717, 1.165) is 18.2 Å². The molecule has 0 spiro atoms. The van der Waals surface area contributed by atoms with E-state index in [-0.39, 0.29) is 33.3 Å². The van der Waals surface area contributed by atoms with E-state index in [9.17, 15) is 23.2 Å². The number of rotatable bonds is 5. The molecule has 1 aromatic heterocycles. The number of amides is 3. The molecule has 2 aromatic carbocycles. The normalized spacial score (nSPS) is 10.4. The number of carbonyl (C=O) groups is 3. The lowest BCUT2D eigenvalue weighted by molar-refractivity contribution is 0.0943. The Morgan fingerprint density at radius 2 is 1.77 bits per heavy atom. The fourth-order valence-corrected chi connectivity index (χ4v) is 2.76. The number of aromatic nitrogens is 2. The third-order valence-corrected chi connectivity index (χ3v) is 4.27. The van der Waals surface area contributed by atoms with E-state index in [1.165, 1.54) is 31.6 Å². The van der Waals surface area contributed by atoms with Crippen molar-refractivity contribution in [3.8, 4) is 0 Å². The summed E-state index contributed by atoms with van der Waals surface area (Å²) in [5.41, 5.74) is -0.344. The smallest absolute Gasteiger partial charge is 0.274 e. The molecule has 0 aliphatic carbocycles. The maximum atomic E-state index is 14.4. The van der Waals surface area contributed by atoms with Gasteiger partial charge in [-0.15, -0.1) is 0 Å². The molecule has 4 N–H and O–H groups in total. The number of anilines is 2. The van der Waals surface area contributed by atoms with Crippen molar-refractivity contribution < 1.29 is 23.2 Å². The Morgan fingerprint density at radius 3 is 2.43 bits per heavy atom. The third kappa shape index (κ3) is 4.44. The first-order valence-corrected chi connectivity index (χ1v) is 8.80. The second-order valence-corrected chi connectivity index (χ2v) is 6.34. The van der Waals surface area contributed by atoms with Gasteiger partial charge in [0.25, 0.3) is 17.7 Å². The molecule has 0 aliphatic rings. The van der Waals surface area contributed by atoms with E-state index in [2.05, 4.69) is 25.9 Å². The Hall–Kier alpha value is -3.79. The van der Waals surface area contributed by atoms with Crippen molar-refractivity contribution in [1.82, 2.24) is 15.3 Å². The molecule has 3 aromatic rings. The summed E-state index contributed by atoms with van der Waals surface area (Å²) in [4.78, 5) is 42.6. The minimum atomic E-state index is -0.837. The lowest BCUT2D eigenvalue weighted by Crippen LogP contribution is -2.23. The molecule has 3 rings (SSSR count). The van der Waals surface area contributed by atoms with Gasteiger partial charge in [0.05, 0.1) is 22.6 Å². The zero-order chi connectivity index (χ0) is 21.8. The van der Waals surface area contributed by atoms with Crippen molar-refractivity contribution in [3.63, 3.8) is 0 Å². The van der Waals surface area contributed by atoms with Gasteiger partial charge >= 0.3 is 0 Å². The lowest BCUT2D eigenvalue weighted by Gasteiger charge is -2.10. The monoisotopic (exact) mass is 433 g/mol. The molecule has 0 atom stereocenters. The predicted octanol–water partition coefficient (Wildman–Crippen LogP) is 3.21. The molecule has 0 saturated heterocycles. The molecule has 8 nitrogen and oxygen atoms in total. The Balaban J connectivity index is 1.74. The molecular weight excluding hydrogens is 420 g/mol. The van der Waals surface area contributed by atoms with Crippen molar-refractivity contribution in [2.24, 2.45) is 0 Å². The van der Waals surface area contributed by atoms with Gasteiger partial charge in [-0.1, -0.05) is 11.6 Å². The van der Waals surface area contributed by atoms with Gasteiger partial charge in [-0.05, 0) is 36.4 Å². The average Bonchev–Trinajstić information content (AvgIpc) is 3.19. The van der Waals surface area contributed by atoms with Gasteiger partial charge in [-0.2, -0.15) is 0 Å². The highest BCUT2D eigenvalue weighted by Crippen LogP contribution is 2.23. The molecule has 30 heavy (non-hydrogen) atoms. The number of nitrogens with one attached hydrogen (secondary N) is 4. The van der Waals surface area contributed by atoms with Crippen molar-refractivity contribution in [2.45, 2.75) is 0 Å². The van der Waals surface area contributed by atoms with Crippen LogP contribution in [0.5, 0.6) is 0 Å². The highest BCUT2D eigenvalue weighted by atomic mass is 35.5. The maximum Gasteiger partial charge on any atom is 0.274 e. The van der Waals surface area contributed by atoms with Crippen LogP contribution in [0.25, 0.3) is 0 Å². The number of benzene rings is 2. The molecule has 0 unspecified atom stereocenters. The third-order valence-electron chi connectivity index (χ3n) is 3.96. The van der Waals surface area contributed by atoms with Crippen LogP contribution in [0.1, 0.15) is 31.3 Å². The van der Waals surface area contributed by atoms with E-state index in [1.54, 1.807) is 0 Å². The molecule has 0 fully saturated rings. The number of imidazole rings is 1. The van der Waals surface area contributed by atoms with Gasteiger partial charge in [0, 0.05) is 12.7 Å². The SMILES string of the molecule is CNC(=O)c1nc[nH]c1C(=O)Nc1ccc(NC(=O)c2ccc(F)cc2Cl)c(F)c1. The van der Waals surface area contributed by atoms with Gasteiger partial charge in [-0.3, -0.25) is 14.4 Å². The van der Waals surface area contributed by atoms with E-state index >= 15 is 0 Å². The minimum Gasteiger partial charge on any atom is -0.354 e. The summed E-state index contributed by atoms with van der Waals surface area (Å²) < 4.78 is 27.5. The quantitative estimate of drug-likeness (QED) is 0.494. The number of hydrogen-bond donors (Lipinski definition) is 4. The standard InChI is InChI=1S/C19H14ClF2N5O3/c1-23-18(29)15-16(25-8-24-15)19(30)26-10-3-5-14(13(22)7-10)27-17(28)11-4-2-9(21)6-12(11)20/h2-8H,1H3,(H,23,29)(H,24,25)(H,26,30)(H,27,28). The highest BCUT2D eigenvalue weighted by molar-refractivity contribution is 6.34. The molecule has 154 valence electrons. The fourth-order valence-electron chi connectivity index (χ4n) is 2.51. The summed E-state index contributed by atoms with van der Waals surface area (Å²) in [5.74, 6) is -3.45. The summed E-state index contributed by atoms with van der Waals surface area (Å²) in [6.45, 7) is 0. The number of aromatic amines is 1. The van der Waals surface area contributed by atoms with Crippen molar-refractivity contribution in [3.05, 3.63) is 76.3 Å². The Bertz CT molecular complexity index is 1150.